The number of carbonyl (C=O) groups is 1. The van der Waals surface area contributed by atoms with Gasteiger partial charge in [0, 0.05) is 13.0 Å². The van der Waals surface area contributed by atoms with Gasteiger partial charge in [-0.25, -0.2) is 0 Å². The largest absolute Gasteiger partial charge is 0.493 e. The SMILES string of the molecule is CCn1ncc(OC)c1C(=O)CCC(C)CCN. The minimum Gasteiger partial charge on any atom is -0.493 e. The van der Waals surface area contributed by atoms with Crippen LogP contribution < -0.4 is 10.5 Å². The van der Waals surface area contributed by atoms with Crippen molar-refractivity contribution in [2.45, 2.75) is 39.7 Å². The summed E-state index contributed by atoms with van der Waals surface area (Å²) >= 11 is 0. The van der Waals surface area contributed by atoms with E-state index in [1.165, 1.54) is 0 Å². The number of methoxy groups -OCH3 is 1. The number of aromatic nitrogens is 2. The summed E-state index contributed by atoms with van der Waals surface area (Å²) in [4.78, 5) is 12.2. The number of Topliss-reactive ketones (excluding diaryl/α,β-unsaturated/α-hetero) is 1. The molecule has 0 aliphatic rings. The normalized spacial score (nSPS) is 12.4. The highest BCUT2D eigenvalue weighted by atomic mass is 16.5. The van der Waals surface area contributed by atoms with Crippen molar-refractivity contribution in [3.63, 3.8) is 0 Å². The number of rotatable bonds is 8. The second-order valence-electron chi connectivity index (χ2n) is 4.52. The summed E-state index contributed by atoms with van der Waals surface area (Å²) < 4.78 is 6.87. The predicted octanol–water partition coefficient (Wildman–Crippen LogP) is 1.86. The number of carbonyl (C=O) groups excluding carboxylic acids is 1. The Morgan fingerprint density at radius 2 is 2.28 bits per heavy atom. The van der Waals surface area contributed by atoms with Gasteiger partial charge in [0.2, 0.25) is 0 Å². The Balaban J connectivity index is 2.68. The molecule has 18 heavy (non-hydrogen) atoms. The van der Waals surface area contributed by atoms with Gasteiger partial charge in [0.1, 0.15) is 5.69 Å². The van der Waals surface area contributed by atoms with Crippen molar-refractivity contribution in [2.24, 2.45) is 11.7 Å². The first kappa shape index (κ1) is 14.7. The fourth-order valence-electron chi connectivity index (χ4n) is 1.96. The predicted molar refractivity (Wildman–Crippen MR) is 70.9 cm³/mol. The first-order valence-electron chi connectivity index (χ1n) is 6.47. The molecule has 1 aromatic heterocycles. The van der Waals surface area contributed by atoms with Gasteiger partial charge in [0.15, 0.2) is 11.5 Å². The smallest absolute Gasteiger partial charge is 0.184 e. The number of aryl methyl sites for hydroxylation is 1. The van der Waals surface area contributed by atoms with E-state index in [-0.39, 0.29) is 5.78 Å². The lowest BCUT2D eigenvalue weighted by atomic mass is 9.99. The first-order chi connectivity index (χ1) is 8.63. The van der Waals surface area contributed by atoms with E-state index < -0.39 is 0 Å². The second-order valence-corrected chi connectivity index (χ2v) is 4.52. The minimum absolute atomic E-state index is 0.0927. The molecular formula is C13H23N3O2. The number of ketones is 1. The Hall–Kier alpha value is -1.36. The van der Waals surface area contributed by atoms with Crippen molar-refractivity contribution in [1.29, 1.82) is 0 Å². The Bertz CT molecular complexity index is 366. The zero-order valence-corrected chi connectivity index (χ0v) is 11.5. The van der Waals surface area contributed by atoms with Gasteiger partial charge in [-0.3, -0.25) is 9.48 Å². The molecule has 0 radical (unpaired) electrons. The fourth-order valence-corrected chi connectivity index (χ4v) is 1.96. The summed E-state index contributed by atoms with van der Waals surface area (Å²) in [5, 5.41) is 4.14. The highest BCUT2D eigenvalue weighted by molar-refractivity contribution is 5.97. The molecule has 0 aliphatic heterocycles. The van der Waals surface area contributed by atoms with Crippen LogP contribution in [0.1, 0.15) is 43.6 Å². The Morgan fingerprint density at radius 3 is 2.83 bits per heavy atom. The van der Waals surface area contributed by atoms with E-state index in [2.05, 4.69) is 12.0 Å². The van der Waals surface area contributed by atoms with Gasteiger partial charge < -0.3 is 10.5 Å². The van der Waals surface area contributed by atoms with E-state index >= 15 is 0 Å². The van der Waals surface area contributed by atoms with Gasteiger partial charge in [0.25, 0.3) is 0 Å². The number of nitrogens with zero attached hydrogens (tertiary/aromatic N) is 2. The third-order valence-corrected chi connectivity index (χ3v) is 3.11. The van der Waals surface area contributed by atoms with Crippen molar-refractivity contribution in [1.82, 2.24) is 9.78 Å². The molecule has 0 aliphatic carbocycles. The number of ether oxygens (including phenoxy) is 1. The molecule has 0 bridgehead atoms. The van der Waals surface area contributed by atoms with E-state index in [1.807, 2.05) is 6.92 Å². The van der Waals surface area contributed by atoms with Crippen LogP contribution in [0, 0.1) is 5.92 Å². The van der Waals surface area contributed by atoms with Gasteiger partial charge in [0.05, 0.1) is 13.3 Å². The maximum Gasteiger partial charge on any atom is 0.184 e. The molecule has 0 spiro atoms. The van der Waals surface area contributed by atoms with Crippen LogP contribution in [0.5, 0.6) is 5.75 Å². The van der Waals surface area contributed by atoms with Crippen LogP contribution in [-0.4, -0.2) is 29.2 Å². The maximum absolute atomic E-state index is 12.2. The van der Waals surface area contributed by atoms with Crippen molar-refractivity contribution >= 4 is 5.78 Å². The van der Waals surface area contributed by atoms with Crippen LogP contribution in [0.15, 0.2) is 6.20 Å². The van der Waals surface area contributed by atoms with Gasteiger partial charge in [-0.1, -0.05) is 6.92 Å². The van der Waals surface area contributed by atoms with E-state index in [0.717, 1.165) is 12.8 Å². The molecule has 1 aromatic rings. The van der Waals surface area contributed by atoms with Crippen LogP contribution in [0.4, 0.5) is 0 Å². The summed E-state index contributed by atoms with van der Waals surface area (Å²) in [6, 6.07) is 0. The molecule has 102 valence electrons. The lowest BCUT2D eigenvalue weighted by Gasteiger charge is -2.10. The number of nitrogens with two attached hydrogens (primary N) is 1. The maximum atomic E-state index is 12.2. The molecular weight excluding hydrogens is 230 g/mol. The van der Waals surface area contributed by atoms with E-state index in [1.54, 1.807) is 18.0 Å². The molecule has 0 saturated carbocycles. The first-order valence-corrected chi connectivity index (χ1v) is 6.47. The molecule has 0 aromatic carbocycles. The summed E-state index contributed by atoms with van der Waals surface area (Å²) in [6.07, 6.45) is 3.93. The van der Waals surface area contributed by atoms with Crippen molar-refractivity contribution < 1.29 is 9.53 Å². The molecule has 1 rings (SSSR count). The molecule has 0 saturated heterocycles. The number of hydrogen-bond acceptors (Lipinski definition) is 4. The van der Waals surface area contributed by atoms with Crippen molar-refractivity contribution in [3.8, 4) is 5.75 Å². The van der Waals surface area contributed by atoms with E-state index in [4.69, 9.17) is 10.5 Å². The number of hydrogen-bond donors (Lipinski definition) is 1. The van der Waals surface area contributed by atoms with Crippen LogP contribution in [0.2, 0.25) is 0 Å². The monoisotopic (exact) mass is 253 g/mol. The molecule has 1 unspecified atom stereocenters. The lowest BCUT2D eigenvalue weighted by molar-refractivity contribution is 0.0960. The van der Waals surface area contributed by atoms with Gasteiger partial charge in [-0.05, 0) is 32.2 Å². The topological polar surface area (TPSA) is 70.1 Å². The second kappa shape index (κ2) is 7.16. The zero-order chi connectivity index (χ0) is 13.5. The molecule has 0 fully saturated rings. The third kappa shape index (κ3) is 3.57. The lowest BCUT2D eigenvalue weighted by Crippen LogP contribution is -2.13. The Morgan fingerprint density at radius 1 is 1.56 bits per heavy atom. The summed E-state index contributed by atoms with van der Waals surface area (Å²) in [7, 11) is 1.56. The Labute approximate surface area is 108 Å². The highest BCUT2D eigenvalue weighted by Gasteiger charge is 2.19. The van der Waals surface area contributed by atoms with Gasteiger partial charge >= 0.3 is 0 Å². The molecule has 1 heterocycles. The summed E-state index contributed by atoms with van der Waals surface area (Å²) in [5.41, 5.74) is 6.09. The molecule has 1 atom stereocenters. The standard InChI is InChI=1S/C13H23N3O2/c1-4-16-13(12(18-3)9-15-16)11(17)6-5-10(2)7-8-14/h9-10H,4-8,14H2,1-3H3. The molecule has 0 amide bonds. The average Bonchev–Trinajstić information content (AvgIpc) is 2.79. The van der Waals surface area contributed by atoms with E-state index in [0.29, 0.717) is 36.9 Å². The summed E-state index contributed by atoms with van der Waals surface area (Å²) in [5.74, 6) is 1.13. The summed E-state index contributed by atoms with van der Waals surface area (Å²) in [6.45, 7) is 5.42. The fraction of sp³-hybridized carbons (Fsp3) is 0.692. The van der Waals surface area contributed by atoms with Crippen LogP contribution >= 0.6 is 0 Å². The quantitative estimate of drug-likeness (QED) is 0.718. The highest BCUT2D eigenvalue weighted by Crippen LogP contribution is 2.21. The van der Waals surface area contributed by atoms with Crippen molar-refractivity contribution in [3.05, 3.63) is 11.9 Å². The van der Waals surface area contributed by atoms with Crippen LogP contribution in [0.25, 0.3) is 0 Å². The third-order valence-electron chi connectivity index (χ3n) is 3.11. The molecule has 2 N–H and O–H groups in total. The molecule has 5 heteroatoms. The van der Waals surface area contributed by atoms with Crippen molar-refractivity contribution in [2.75, 3.05) is 13.7 Å². The molecule has 5 nitrogen and oxygen atoms in total. The minimum atomic E-state index is 0.0927. The van der Waals surface area contributed by atoms with Gasteiger partial charge in [-0.15, -0.1) is 0 Å². The zero-order valence-electron chi connectivity index (χ0n) is 11.5. The van der Waals surface area contributed by atoms with E-state index in [9.17, 15) is 4.79 Å². The Kier molecular flexibility index (Phi) is 5.85. The van der Waals surface area contributed by atoms with Crippen LogP contribution in [-0.2, 0) is 6.54 Å². The average molecular weight is 253 g/mol. The van der Waals surface area contributed by atoms with Crippen LogP contribution in [0.3, 0.4) is 0 Å². The van der Waals surface area contributed by atoms with Gasteiger partial charge in [-0.2, -0.15) is 5.10 Å².